The molecule has 0 aliphatic carbocycles. The van der Waals surface area contributed by atoms with Gasteiger partial charge in [-0.1, -0.05) is 18.2 Å². The standard InChI is InChI=1S/C9H11NS.ClH/c10-8-5-6-11-9-4-2-1-3-7(8)9;/h1-4,8H,5-6,10H2;1H. The van der Waals surface area contributed by atoms with Gasteiger partial charge in [-0.3, -0.25) is 0 Å². The van der Waals surface area contributed by atoms with Gasteiger partial charge >= 0.3 is 0 Å². The maximum Gasteiger partial charge on any atom is 0.0314 e. The Kier molecular flexibility index (Phi) is 3.44. The average molecular weight is 202 g/mol. The lowest BCUT2D eigenvalue weighted by molar-refractivity contribution is 0.680. The fourth-order valence-corrected chi connectivity index (χ4v) is 2.52. The zero-order valence-electron chi connectivity index (χ0n) is 6.69. The average Bonchev–Trinajstić information content (AvgIpc) is 2.06. The summed E-state index contributed by atoms with van der Waals surface area (Å²) >= 11 is 1.91. The minimum Gasteiger partial charge on any atom is -0.324 e. The van der Waals surface area contributed by atoms with Gasteiger partial charge in [0.05, 0.1) is 0 Å². The van der Waals surface area contributed by atoms with Crippen LogP contribution in [0.3, 0.4) is 0 Å². The lowest BCUT2D eigenvalue weighted by Gasteiger charge is -2.20. The lowest BCUT2D eigenvalue weighted by atomic mass is 10.1. The number of nitrogens with two attached hydrogens (primary N) is 1. The minimum atomic E-state index is 0. The van der Waals surface area contributed by atoms with Crippen molar-refractivity contribution in [3.05, 3.63) is 29.8 Å². The van der Waals surface area contributed by atoms with E-state index in [2.05, 4.69) is 24.3 Å². The molecule has 3 heteroatoms. The molecule has 1 aliphatic rings. The van der Waals surface area contributed by atoms with Crippen LogP contribution in [-0.2, 0) is 0 Å². The second-order valence-electron chi connectivity index (χ2n) is 2.78. The number of benzene rings is 1. The predicted molar refractivity (Wildman–Crippen MR) is 56.0 cm³/mol. The normalized spacial score (nSPS) is 20.9. The lowest BCUT2D eigenvalue weighted by Crippen LogP contribution is -2.15. The first-order valence-electron chi connectivity index (χ1n) is 3.85. The number of hydrogen-bond acceptors (Lipinski definition) is 2. The van der Waals surface area contributed by atoms with Crippen LogP contribution < -0.4 is 5.73 Å². The van der Waals surface area contributed by atoms with Gasteiger partial charge in [-0.15, -0.1) is 24.2 Å². The van der Waals surface area contributed by atoms with Gasteiger partial charge in [0.15, 0.2) is 0 Å². The molecule has 0 amide bonds. The predicted octanol–water partition coefficient (Wildman–Crippen LogP) is 2.60. The first kappa shape index (κ1) is 9.90. The Morgan fingerprint density at radius 3 is 2.83 bits per heavy atom. The first-order valence-corrected chi connectivity index (χ1v) is 4.84. The van der Waals surface area contributed by atoms with Gasteiger partial charge < -0.3 is 5.73 Å². The third-order valence-electron chi connectivity index (χ3n) is 2.00. The molecule has 66 valence electrons. The fraction of sp³-hybridized carbons (Fsp3) is 0.333. The molecule has 0 fully saturated rings. The van der Waals surface area contributed by atoms with Crippen LogP contribution in [0.2, 0.25) is 0 Å². The van der Waals surface area contributed by atoms with Crippen LogP contribution in [0.25, 0.3) is 0 Å². The Labute approximate surface area is 83.1 Å². The highest BCUT2D eigenvalue weighted by atomic mass is 35.5. The SMILES string of the molecule is Cl.NC1CCSc2ccccc21. The number of hydrogen-bond donors (Lipinski definition) is 1. The highest BCUT2D eigenvalue weighted by molar-refractivity contribution is 7.99. The van der Waals surface area contributed by atoms with E-state index in [1.807, 2.05) is 11.8 Å². The van der Waals surface area contributed by atoms with Crippen molar-refractivity contribution in [1.82, 2.24) is 0 Å². The number of fused-ring (bicyclic) bond motifs is 1. The molecule has 2 rings (SSSR count). The molecule has 1 heterocycles. The Hall–Kier alpha value is -0.180. The largest absolute Gasteiger partial charge is 0.324 e. The summed E-state index contributed by atoms with van der Waals surface area (Å²) in [7, 11) is 0. The Morgan fingerprint density at radius 2 is 2.08 bits per heavy atom. The molecule has 1 aliphatic heterocycles. The molecule has 2 N–H and O–H groups in total. The molecule has 0 spiro atoms. The summed E-state index contributed by atoms with van der Waals surface area (Å²) in [5.74, 6) is 1.16. The van der Waals surface area contributed by atoms with E-state index in [4.69, 9.17) is 5.73 Å². The van der Waals surface area contributed by atoms with Crippen LogP contribution >= 0.6 is 24.2 Å². The van der Waals surface area contributed by atoms with Crippen molar-refractivity contribution >= 4 is 24.2 Å². The highest BCUT2D eigenvalue weighted by Crippen LogP contribution is 2.34. The molecule has 12 heavy (non-hydrogen) atoms. The van der Waals surface area contributed by atoms with Gasteiger partial charge in [-0.2, -0.15) is 0 Å². The third kappa shape index (κ3) is 1.76. The molecule has 1 unspecified atom stereocenters. The molecule has 1 nitrogen and oxygen atoms in total. The van der Waals surface area contributed by atoms with Gasteiger partial charge in [0.1, 0.15) is 0 Å². The zero-order valence-corrected chi connectivity index (χ0v) is 8.33. The molecule has 0 saturated carbocycles. The Morgan fingerprint density at radius 1 is 1.33 bits per heavy atom. The molecule has 0 aromatic heterocycles. The molecular formula is C9H12ClNS. The number of thioether (sulfide) groups is 1. The number of rotatable bonds is 0. The number of halogens is 1. The van der Waals surface area contributed by atoms with Crippen LogP contribution in [0.4, 0.5) is 0 Å². The van der Waals surface area contributed by atoms with Gasteiger partial charge in [-0.05, 0) is 23.8 Å². The van der Waals surface area contributed by atoms with E-state index >= 15 is 0 Å². The zero-order chi connectivity index (χ0) is 7.68. The van der Waals surface area contributed by atoms with Gasteiger partial charge in [0, 0.05) is 10.9 Å². The summed E-state index contributed by atoms with van der Waals surface area (Å²) in [6.07, 6.45) is 1.11. The van der Waals surface area contributed by atoms with Crippen LogP contribution in [0.15, 0.2) is 29.2 Å². The molecule has 0 saturated heterocycles. The van der Waals surface area contributed by atoms with Crippen LogP contribution in [0.1, 0.15) is 18.0 Å². The van der Waals surface area contributed by atoms with E-state index < -0.39 is 0 Å². The molecule has 1 aromatic carbocycles. The maximum absolute atomic E-state index is 5.93. The summed E-state index contributed by atoms with van der Waals surface area (Å²) in [4.78, 5) is 1.37. The van der Waals surface area contributed by atoms with Gasteiger partial charge in [0.2, 0.25) is 0 Å². The summed E-state index contributed by atoms with van der Waals surface area (Å²) in [5, 5.41) is 0. The van der Waals surface area contributed by atoms with E-state index in [-0.39, 0.29) is 18.4 Å². The van der Waals surface area contributed by atoms with Crippen LogP contribution in [0, 0.1) is 0 Å². The molecule has 1 atom stereocenters. The monoisotopic (exact) mass is 201 g/mol. The van der Waals surface area contributed by atoms with Crippen molar-refractivity contribution in [1.29, 1.82) is 0 Å². The molecular weight excluding hydrogens is 190 g/mol. The fourth-order valence-electron chi connectivity index (χ4n) is 1.37. The summed E-state index contributed by atoms with van der Waals surface area (Å²) < 4.78 is 0. The van der Waals surface area contributed by atoms with Crippen molar-refractivity contribution in [3.63, 3.8) is 0 Å². The quantitative estimate of drug-likeness (QED) is 0.699. The van der Waals surface area contributed by atoms with Crippen molar-refractivity contribution in [2.75, 3.05) is 5.75 Å². The summed E-state index contributed by atoms with van der Waals surface area (Å²) in [5.41, 5.74) is 7.26. The summed E-state index contributed by atoms with van der Waals surface area (Å²) in [6.45, 7) is 0. The van der Waals surface area contributed by atoms with E-state index in [0.717, 1.165) is 12.2 Å². The first-order chi connectivity index (χ1) is 5.38. The molecule has 0 radical (unpaired) electrons. The van der Waals surface area contributed by atoms with Crippen molar-refractivity contribution in [3.8, 4) is 0 Å². The van der Waals surface area contributed by atoms with E-state index in [9.17, 15) is 0 Å². The minimum absolute atomic E-state index is 0. The molecule has 0 bridgehead atoms. The van der Waals surface area contributed by atoms with Crippen LogP contribution in [0.5, 0.6) is 0 Å². The van der Waals surface area contributed by atoms with E-state index in [0.29, 0.717) is 0 Å². The van der Waals surface area contributed by atoms with Crippen LogP contribution in [-0.4, -0.2) is 5.75 Å². The smallest absolute Gasteiger partial charge is 0.0314 e. The van der Waals surface area contributed by atoms with Crippen molar-refractivity contribution in [2.45, 2.75) is 17.4 Å². The van der Waals surface area contributed by atoms with Gasteiger partial charge in [-0.25, -0.2) is 0 Å². The van der Waals surface area contributed by atoms with Crippen molar-refractivity contribution < 1.29 is 0 Å². The highest BCUT2D eigenvalue weighted by Gasteiger charge is 2.15. The third-order valence-corrected chi connectivity index (χ3v) is 3.13. The van der Waals surface area contributed by atoms with Crippen molar-refractivity contribution in [2.24, 2.45) is 5.73 Å². The van der Waals surface area contributed by atoms with Gasteiger partial charge in [0.25, 0.3) is 0 Å². The van der Waals surface area contributed by atoms with E-state index in [1.165, 1.54) is 10.5 Å². The summed E-state index contributed by atoms with van der Waals surface area (Å²) in [6, 6.07) is 8.69. The second-order valence-corrected chi connectivity index (χ2v) is 3.92. The van der Waals surface area contributed by atoms with E-state index in [1.54, 1.807) is 0 Å². The Balaban J connectivity index is 0.000000720. The topological polar surface area (TPSA) is 26.0 Å². The molecule has 1 aromatic rings. The second kappa shape index (κ2) is 4.17. The Bertz CT molecular complexity index is 264. The maximum atomic E-state index is 5.93.